The van der Waals surface area contributed by atoms with Gasteiger partial charge in [-0.2, -0.15) is 0 Å². The number of hydrogen-bond acceptors (Lipinski definition) is 1. The van der Waals surface area contributed by atoms with Gasteiger partial charge in [-0.3, -0.25) is 0 Å². The highest BCUT2D eigenvalue weighted by Crippen LogP contribution is 2.22. The maximum Gasteiger partial charge on any atom is 0.0357 e. The maximum atomic E-state index is 4.10. The van der Waals surface area contributed by atoms with Crippen LogP contribution in [-0.4, -0.2) is 6.54 Å². The molecule has 16 heavy (non-hydrogen) atoms. The maximum absolute atomic E-state index is 4.10. The monoisotopic (exact) mass is 217 g/mol. The van der Waals surface area contributed by atoms with E-state index in [4.69, 9.17) is 0 Å². The van der Waals surface area contributed by atoms with Crippen LogP contribution in [-0.2, 0) is 0 Å². The predicted octanol–water partition coefficient (Wildman–Crippen LogP) is 4.00. The van der Waals surface area contributed by atoms with E-state index in [9.17, 15) is 0 Å². The average Bonchev–Trinajstić information content (AvgIpc) is 2.29. The van der Waals surface area contributed by atoms with Gasteiger partial charge in [0.05, 0.1) is 0 Å². The third-order valence-electron chi connectivity index (χ3n) is 2.92. The van der Waals surface area contributed by atoms with Gasteiger partial charge >= 0.3 is 0 Å². The normalized spacial score (nSPS) is 12.4. The average molecular weight is 217 g/mol. The fraction of sp³-hybridized carbons (Fsp3) is 0.467. The summed E-state index contributed by atoms with van der Waals surface area (Å²) >= 11 is 0. The SMILES string of the molecule is C=C(CC)CC(NCC)c1ccc(C)cc1. The predicted molar refractivity (Wildman–Crippen MR) is 71.6 cm³/mol. The Labute approximate surface area is 99.6 Å². The van der Waals surface area contributed by atoms with Gasteiger partial charge in [-0.15, -0.1) is 0 Å². The van der Waals surface area contributed by atoms with Gasteiger partial charge in [0.15, 0.2) is 0 Å². The van der Waals surface area contributed by atoms with Gasteiger partial charge in [0, 0.05) is 6.04 Å². The molecule has 0 saturated heterocycles. The van der Waals surface area contributed by atoms with Gasteiger partial charge in [-0.25, -0.2) is 0 Å². The minimum atomic E-state index is 0.415. The van der Waals surface area contributed by atoms with E-state index in [0.717, 1.165) is 19.4 Å². The molecule has 0 saturated carbocycles. The molecule has 1 aromatic rings. The van der Waals surface area contributed by atoms with Crippen LogP contribution < -0.4 is 5.32 Å². The van der Waals surface area contributed by atoms with Gasteiger partial charge < -0.3 is 5.32 Å². The van der Waals surface area contributed by atoms with E-state index in [-0.39, 0.29) is 0 Å². The van der Waals surface area contributed by atoms with Crippen LogP contribution in [0, 0.1) is 6.92 Å². The summed E-state index contributed by atoms with van der Waals surface area (Å²) in [5.74, 6) is 0. The van der Waals surface area contributed by atoms with Crippen molar-refractivity contribution in [3.05, 3.63) is 47.5 Å². The van der Waals surface area contributed by atoms with Crippen molar-refractivity contribution in [1.82, 2.24) is 5.32 Å². The van der Waals surface area contributed by atoms with Crippen molar-refractivity contribution in [2.75, 3.05) is 6.54 Å². The van der Waals surface area contributed by atoms with E-state index in [1.165, 1.54) is 16.7 Å². The van der Waals surface area contributed by atoms with Crippen molar-refractivity contribution in [2.45, 2.75) is 39.7 Å². The summed E-state index contributed by atoms with van der Waals surface area (Å²) < 4.78 is 0. The molecular formula is C15H23N. The molecule has 1 nitrogen and oxygen atoms in total. The second kappa shape index (κ2) is 6.49. The lowest BCUT2D eigenvalue weighted by atomic mass is 9.97. The van der Waals surface area contributed by atoms with Crippen molar-refractivity contribution < 1.29 is 0 Å². The lowest BCUT2D eigenvalue weighted by molar-refractivity contribution is 0.543. The summed E-state index contributed by atoms with van der Waals surface area (Å²) in [6, 6.07) is 9.19. The van der Waals surface area contributed by atoms with Crippen LogP contribution in [0.25, 0.3) is 0 Å². The first kappa shape index (κ1) is 13.0. The molecule has 0 fully saturated rings. The lowest BCUT2D eigenvalue weighted by Gasteiger charge is -2.19. The summed E-state index contributed by atoms with van der Waals surface area (Å²) in [6.45, 7) is 11.5. The molecule has 1 unspecified atom stereocenters. The van der Waals surface area contributed by atoms with Crippen molar-refractivity contribution in [1.29, 1.82) is 0 Å². The summed E-state index contributed by atoms with van der Waals surface area (Å²) in [7, 11) is 0. The minimum absolute atomic E-state index is 0.415. The summed E-state index contributed by atoms with van der Waals surface area (Å²) in [6.07, 6.45) is 2.10. The molecule has 0 bridgehead atoms. The third kappa shape index (κ3) is 3.82. The first-order chi connectivity index (χ1) is 7.67. The quantitative estimate of drug-likeness (QED) is 0.710. The summed E-state index contributed by atoms with van der Waals surface area (Å²) in [5.41, 5.74) is 3.99. The molecule has 0 radical (unpaired) electrons. The van der Waals surface area contributed by atoms with E-state index in [0.29, 0.717) is 6.04 Å². The highest BCUT2D eigenvalue weighted by Gasteiger charge is 2.10. The molecule has 0 amide bonds. The van der Waals surface area contributed by atoms with Crippen molar-refractivity contribution in [2.24, 2.45) is 0 Å². The van der Waals surface area contributed by atoms with E-state index in [2.05, 4.69) is 56.9 Å². The van der Waals surface area contributed by atoms with Crippen molar-refractivity contribution in [3.63, 3.8) is 0 Å². The fourth-order valence-electron chi connectivity index (χ4n) is 1.79. The van der Waals surface area contributed by atoms with Gasteiger partial charge in [0.25, 0.3) is 0 Å². The van der Waals surface area contributed by atoms with Crippen molar-refractivity contribution in [3.8, 4) is 0 Å². The number of hydrogen-bond donors (Lipinski definition) is 1. The molecule has 0 aliphatic rings. The molecule has 1 aromatic carbocycles. The molecule has 1 rings (SSSR count). The summed E-state index contributed by atoms with van der Waals surface area (Å²) in [5, 5.41) is 3.52. The van der Waals surface area contributed by atoms with Crippen LogP contribution in [0.15, 0.2) is 36.4 Å². The number of aryl methyl sites for hydroxylation is 1. The van der Waals surface area contributed by atoms with Crippen LogP contribution in [0.5, 0.6) is 0 Å². The van der Waals surface area contributed by atoms with Crippen LogP contribution >= 0.6 is 0 Å². The topological polar surface area (TPSA) is 12.0 Å². The number of rotatable bonds is 6. The third-order valence-corrected chi connectivity index (χ3v) is 2.92. The molecule has 0 aliphatic carbocycles. The zero-order valence-corrected chi connectivity index (χ0v) is 10.7. The molecule has 1 heteroatoms. The fourth-order valence-corrected chi connectivity index (χ4v) is 1.79. The van der Waals surface area contributed by atoms with E-state index >= 15 is 0 Å². The van der Waals surface area contributed by atoms with Crippen LogP contribution in [0.3, 0.4) is 0 Å². The Balaban J connectivity index is 2.76. The molecular weight excluding hydrogens is 194 g/mol. The Kier molecular flexibility index (Phi) is 5.27. The highest BCUT2D eigenvalue weighted by molar-refractivity contribution is 5.25. The Morgan fingerprint density at radius 2 is 1.88 bits per heavy atom. The standard InChI is InChI=1S/C15H23N/c1-5-12(3)11-15(16-6-2)14-9-7-13(4)8-10-14/h7-10,15-16H,3,5-6,11H2,1-2,4H3. The molecule has 1 N–H and O–H groups in total. The molecule has 0 aliphatic heterocycles. The van der Waals surface area contributed by atoms with Gasteiger partial charge in [-0.05, 0) is 31.9 Å². The molecule has 0 spiro atoms. The molecule has 0 aromatic heterocycles. The number of benzene rings is 1. The smallest absolute Gasteiger partial charge is 0.0357 e. The minimum Gasteiger partial charge on any atom is -0.310 e. The largest absolute Gasteiger partial charge is 0.310 e. The second-order valence-electron chi connectivity index (χ2n) is 4.33. The Morgan fingerprint density at radius 3 is 2.38 bits per heavy atom. The van der Waals surface area contributed by atoms with Crippen molar-refractivity contribution >= 4 is 0 Å². The molecule has 88 valence electrons. The molecule has 0 heterocycles. The Bertz CT molecular complexity index is 324. The van der Waals surface area contributed by atoms with Crippen LogP contribution in [0.4, 0.5) is 0 Å². The first-order valence-corrected chi connectivity index (χ1v) is 6.14. The van der Waals surface area contributed by atoms with E-state index in [1.54, 1.807) is 0 Å². The van der Waals surface area contributed by atoms with Crippen LogP contribution in [0.1, 0.15) is 43.9 Å². The highest BCUT2D eigenvalue weighted by atomic mass is 14.9. The van der Waals surface area contributed by atoms with Gasteiger partial charge in [-0.1, -0.05) is 55.8 Å². The van der Waals surface area contributed by atoms with Gasteiger partial charge in [0.2, 0.25) is 0 Å². The van der Waals surface area contributed by atoms with Crippen LogP contribution in [0.2, 0.25) is 0 Å². The Morgan fingerprint density at radius 1 is 1.25 bits per heavy atom. The van der Waals surface area contributed by atoms with E-state index < -0.39 is 0 Å². The van der Waals surface area contributed by atoms with Gasteiger partial charge in [0.1, 0.15) is 0 Å². The molecule has 1 atom stereocenters. The summed E-state index contributed by atoms with van der Waals surface area (Å²) in [4.78, 5) is 0. The zero-order valence-electron chi connectivity index (χ0n) is 10.7. The van der Waals surface area contributed by atoms with E-state index in [1.807, 2.05) is 0 Å². The number of nitrogens with one attached hydrogen (secondary N) is 1. The second-order valence-corrected chi connectivity index (χ2v) is 4.33. The lowest BCUT2D eigenvalue weighted by Crippen LogP contribution is -2.21. The first-order valence-electron chi connectivity index (χ1n) is 6.14. The Hall–Kier alpha value is -1.08. The zero-order chi connectivity index (χ0) is 12.0.